The molecule has 2 aliphatic rings. The van der Waals surface area contributed by atoms with Crippen LogP contribution in [0.15, 0.2) is 24.3 Å². The molecule has 0 heterocycles. The van der Waals surface area contributed by atoms with Crippen molar-refractivity contribution < 1.29 is 4.79 Å². The summed E-state index contributed by atoms with van der Waals surface area (Å²) in [5, 5.41) is 0. The van der Waals surface area contributed by atoms with E-state index in [0.29, 0.717) is 24.2 Å². The SMILES string of the molecule is NCC1CCCC1C(=O)c1cccc(C2CCC2)c1. The second-order valence-electron chi connectivity index (χ2n) is 6.15. The zero-order chi connectivity index (χ0) is 13.2. The number of rotatable bonds is 4. The average molecular weight is 257 g/mol. The topological polar surface area (TPSA) is 43.1 Å². The molecule has 0 spiro atoms. The highest BCUT2D eigenvalue weighted by Crippen LogP contribution is 2.38. The van der Waals surface area contributed by atoms with E-state index in [1.54, 1.807) is 0 Å². The van der Waals surface area contributed by atoms with Crippen LogP contribution in [0.4, 0.5) is 0 Å². The first-order valence-electron chi connectivity index (χ1n) is 7.64. The zero-order valence-corrected chi connectivity index (χ0v) is 11.5. The standard InChI is InChI=1S/C17H23NO/c18-11-15-8-3-9-16(15)17(19)14-7-2-6-13(10-14)12-4-1-5-12/h2,6-7,10,12,15-16H,1,3-5,8-9,11,18H2. The van der Waals surface area contributed by atoms with Crippen LogP contribution in [0.2, 0.25) is 0 Å². The summed E-state index contributed by atoms with van der Waals surface area (Å²) in [6, 6.07) is 8.34. The smallest absolute Gasteiger partial charge is 0.166 e. The molecule has 2 unspecified atom stereocenters. The van der Waals surface area contributed by atoms with Crippen LogP contribution >= 0.6 is 0 Å². The monoisotopic (exact) mass is 257 g/mol. The second kappa shape index (κ2) is 5.46. The first-order chi connectivity index (χ1) is 9.29. The molecule has 102 valence electrons. The number of benzene rings is 1. The third-order valence-electron chi connectivity index (χ3n) is 5.05. The lowest BCUT2D eigenvalue weighted by atomic mass is 9.79. The van der Waals surface area contributed by atoms with Crippen LogP contribution in [-0.4, -0.2) is 12.3 Å². The van der Waals surface area contributed by atoms with E-state index in [0.717, 1.165) is 24.8 Å². The summed E-state index contributed by atoms with van der Waals surface area (Å²) in [5.41, 5.74) is 8.07. The number of Topliss-reactive ketones (excluding diaryl/α,β-unsaturated/α-hetero) is 1. The maximum atomic E-state index is 12.6. The fourth-order valence-corrected chi connectivity index (χ4v) is 3.57. The van der Waals surface area contributed by atoms with Crippen molar-refractivity contribution in [2.45, 2.75) is 44.4 Å². The Hall–Kier alpha value is -1.15. The van der Waals surface area contributed by atoms with Gasteiger partial charge in [-0.25, -0.2) is 0 Å². The third kappa shape index (κ3) is 2.46. The number of hydrogen-bond donors (Lipinski definition) is 1. The largest absolute Gasteiger partial charge is 0.330 e. The van der Waals surface area contributed by atoms with E-state index < -0.39 is 0 Å². The molecule has 0 aromatic heterocycles. The van der Waals surface area contributed by atoms with E-state index in [2.05, 4.69) is 12.1 Å². The van der Waals surface area contributed by atoms with Crippen LogP contribution in [0.5, 0.6) is 0 Å². The van der Waals surface area contributed by atoms with E-state index in [4.69, 9.17) is 5.73 Å². The highest BCUT2D eigenvalue weighted by molar-refractivity contribution is 5.98. The Morgan fingerprint density at radius 1 is 1.16 bits per heavy atom. The molecule has 2 heteroatoms. The fourth-order valence-electron chi connectivity index (χ4n) is 3.57. The van der Waals surface area contributed by atoms with Crippen molar-refractivity contribution in [1.29, 1.82) is 0 Å². The molecular weight excluding hydrogens is 234 g/mol. The maximum Gasteiger partial charge on any atom is 0.166 e. The van der Waals surface area contributed by atoms with Crippen LogP contribution in [0.25, 0.3) is 0 Å². The average Bonchev–Trinajstić information content (AvgIpc) is 2.84. The van der Waals surface area contributed by atoms with Gasteiger partial charge in [0.15, 0.2) is 5.78 Å². The second-order valence-corrected chi connectivity index (χ2v) is 6.15. The van der Waals surface area contributed by atoms with E-state index in [1.807, 2.05) is 12.1 Å². The fraction of sp³-hybridized carbons (Fsp3) is 0.588. The Labute approximate surface area is 115 Å². The molecule has 3 rings (SSSR count). The summed E-state index contributed by atoms with van der Waals surface area (Å²) in [6.45, 7) is 0.652. The van der Waals surface area contributed by atoms with Gasteiger partial charge in [0.2, 0.25) is 0 Å². The van der Waals surface area contributed by atoms with Crippen molar-refractivity contribution in [3.63, 3.8) is 0 Å². The van der Waals surface area contributed by atoms with Gasteiger partial charge in [-0.2, -0.15) is 0 Å². The molecule has 0 bridgehead atoms. The van der Waals surface area contributed by atoms with Gasteiger partial charge < -0.3 is 5.73 Å². The van der Waals surface area contributed by atoms with Gasteiger partial charge in [0, 0.05) is 11.5 Å². The van der Waals surface area contributed by atoms with Crippen molar-refractivity contribution >= 4 is 5.78 Å². The lowest BCUT2D eigenvalue weighted by Gasteiger charge is -2.26. The van der Waals surface area contributed by atoms with Crippen LogP contribution < -0.4 is 5.73 Å². The highest BCUT2D eigenvalue weighted by atomic mass is 16.1. The lowest BCUT2D eigenvalue weighted by molar-refractivity contribution is 0.0893. The maximum absolute atomic E-state index is 12.6. The molecule has 1 aromatic rings. The Morgan fingerprint density at radius 2 is 1.95 bits per heavy atom. The summed E-state index contributed by atoms with van der Waals surface area (Å²) in [6.07, 6.45) is 7.20. The van der Waals surface area contributed by atoms with Gasteiger partial charge in [-0.05, 0) is 55.7 Å². The molecule has 0 amide bonds. The van der Waals surface area contributed by atoms with Gasteiger partial charge in [0.25, 0.3) is 0 Å². The first kappa shape index (κ1) is 12.9. The molecule has 2 atom stereocenters. The number of nitrogens with two attached hydrogens (primary N) is 1. The van der Waals surface area contributed by atoms with Crippen LogP contribution in [0.1, 0.15) is 60.4 Å². The Kier molecular flexibility index (Phi) is 3.69. The molecule has 2 aliphatic carbocycles. The van der Waals surface area contributed by atoms with Gasteiger partial charge in [-0.3, -0.25) is 4.79 Å². The van der Waals surface area contributed by atoms with E-state index in [9.17, 15) is 4.79 Å². The Balaban J connectivity index is 1.79. The molecule has 0 aliphatic heterocycles. The van der Waals surface area contributed by atoms with E-state index in [1.165, 1.54) is 24.8 Å². The Morgan fingerprint density at radius 3 is 2.63 bits per heavy atom. The summed E-state index contributed by atoms with van der Waals surface area (Å²) >= 11 is 0. The minimum absolute atomic E-state index is 0.168. The van der Waals surface area contributed by atoms with E-state index >= 15 is 0 Å². The third-order valence-corrected chi connectivity index (χ3v) is 5.05. The predicted octanol–water partition coefficient (Wildman–Crippen LogP) is 3.51. The summed E-state index contributed by atoms with van der Waals surface area (Å²) in [4.78, 5) is 12.6. The first-order valence-corrected chi connectivity index (χ1v) is 7.64. The summed E-state index contributed by atoms with van der Waals surface area (Å²) in [5.74, 6) is 1.59. The van der Waals surface area contributed by atoms with Gasteiger partial charge in [0.05, 0.1) is 0 Å². The predicted molar refractivity (Wildman–Crippen MR) is 77.2 cm³/mol. The molecular formula is C17H23NO. The molecule has 0 saturated heterocycles. The van der Waals surface area contributed by atoms with E-state index in [-0.39, 0.29) is 5.92 Å². The van der Waals surface area contributed by atoms with Crippen molar-refractivity contribution in [3.05, 3.63) is 35.4 Å². The van der Waals surface area contributed by atoms with Crippen LogP contribution in [0.3, 0.4) is 0 Å². The van der Waals surface area contributed by atoms with Crippen LogP contribution in [0, 0.1) is 11.8 Å². The van der Waals surface area contributed by atoms with Crippen molar-refractivity contribution in [3.8, 4) is 0 Å². The molecule has 2 N–H and O–H groups in total. The highest BCUT2D eigenvalue weighted by Gasteiger charge is 2.32. The van der Waals surface area contributed by atoms with Crippen molar-refractivity contribution in [1.82, 2.24) is 0 Å². The van der Waals surface area contributed by atoms with Gasteiger partial charge in [0.1, 0.15) is 0 Å². The number of carbonyl (C=O) groups is 1. The van der Waals surface area contributed by atoms with Crippen LogP contribution in [-0.2, 0) is 0 Å². The Bertz CT molecular complexity index is 464. The number of ketones is 1. The molecule has 1 aromatic carbocycles. The minimum Gasteiger partial charge on any atom is -0.330 e. The number of hydrogen-bond acceptors (Lipinski definition) is 2. The minimum atomic E-state index is 0.168. The molecule has 2 saturated carbocycles. The molecule has 19 heavy (non-hydrogen) atoms. The summed E-state index contributed by atoms with van der Waals surface area (Å²) < 4.78 is 0. The normalized spacial score (nSPS) is 27.2. The molecule has 2 fully saturated rings. The van der Waals surface area contributed by atoms with Crippen molar-refractivity contribution in [2.24, 2.45) is 17.6 Å². The molecule has 0 radical (unpaired) electrons. The molecule has 2 nitrogen and oxygen atoms in total. The quantitative estimate of drug-likeness (QED) is 0.839. The summed E-state index contributed by atoms with van der Waals surface area (Å²) in [7, 11) is 0. The zero-order valence-electron chi connectivity index (χ0n) is 11.5. The number of carbonyl (C=O) groups excluding carboxylic acids is 1. The lowest BCUT2D eigenvalue weighted by Crippen LogP contribution is -2.25. The van der Waals surface area contributed by atoms with Gasteiger partial charge in [-0.15, -0.1) is 0 Å². The van der Waals surface area contributed by atoms with Gasteiger partial charge >= 0.3 is 0 Å². The van der Waals surface area contributed by atoms with Crippen molar-refractivity contribution in [2.75, 3.05) is 6.54 Å². The van der Waals surface area contributed by atoms with Gasteiger partial charge in [-0.1, -0.05) is 31.0 Å².